The lowest BCUT2D eigenvalue weighted by atomic mass is 9.87. The van der Waals surface area contributed by atoms with E-state index in [1.165, 1.54) is 0 Å². The Kier molecular flexibility index (Phi) is 4.98. The monoisotopic (exact) mass is 261 g/mol. The van der Waals surface area contributed by atoms with Gasteiger partial charge in [-0.1, -0.05) is 13.8 Å². The molecule has 100 valence electrons. The maximum atomic E-state index is 11.8. The molecule has 17 heavy (non-hydrogen) atoms. The summed E-state index contributed by atoms with van der Waals surface area (Å²) in [5.74, 6) is 0.167. The van der Waals surface area contributed by atoms with Crippen molar-refractivity contribution >= 4 is 15.7 Å². The Morgan fingerprint density at radius 2 is 1.76 bits per heavy atom. The largest absolute Gasteiger partial charge is 0.342 e. The summed E-state index contributed by atoms with van der Waals surface area (Å²) in [6.07, 6.45) is 4.25. The van der Waals surface area contributed by atoms with Crippen molar-refractivity contribution in [3.05, 3.63) is 0 Å². The molecule has 0 spiro atoms. The van der Waals surface area contributed by atoms with Gasteiger partial charge in [-0.15, -0.1) is 0 Å². The molecule has 1 amide bonds. The lowest BCUT2D eigenvalue weighted by molar-refractivity contribution is -0.129. The van der Waals surface area contributed by atoms with Crippen LogP contribution in [0.15, 0.2) is 0 Å². The fourth-order valence-corrected chi connectivity index (χ4v) is 3.01. The van der Waals surface area contributed by atoms with Crippen molar-refractivity contribution in [2.45, 2.75) is 45.6 Å². The molecule has 1 fully saturated rings. The fourth-order valence-electron chi connectivity index (χ4n) is 2.23. The van der Waals surface area contributed by atoms with Gasteiger partial charge in [-0.2, -0.15) is 0 Å². The van der Waals surface area contributed by atoms with Crippen LogP contribution in [0.2, 0.25) is 0 Å². The van der Waals surface area contributed by atoms with E-state index in [-0.39, 0.29) is 23.5 Å². The van der Waals surface area contributed by atoms with Gasteiger partial charge >= 0.3 is 0 Å². The predicted octanol–water partition coefficient (Wildman–Crippen LogP) is 1.46. The number of amides is 1. The minimum Gasteiger partial charge on any atom is -0.342 e. The molecule has 0 aromatic carbocycles. The molecule has 1 saturated carbocycles. The summed E-state index contributed by atoms with van der Waals surface area (Å²) in [7, 11) is -1.47. The summed E-state index contributed by atoms with van der Waals surface area (Å²) in [5.41, 5.74) is 0. The van der Waals surface area contributed by atoms with Crippen molar-refractivity contribution in [3.8, 4) is 0 Å². The Balaban J connectivity index is 2.52. The van der Waals surface area contributed by atoms with Crippen molar-refractivity contribution < 1.29 is 13.2 Å². The summed E-state index contributed by atoms with van der Waals surface area (Å²) in [4.78, 5) is 13.5. The van der Waals surface area contributed by atoms with Gasteiger partial charge in [-0.25, -0.2) is 8.42 Å². The van der Waals surface area contributed by atoms with Crippen molar-refractivity contribution in [2.75, 3.05) is 18.6 Å². The van der Waals surface area contributed by atoms with Gasteiger partial charge < -0.3 is 4.90 Å². The smallest absolute Gasteiger partial charge is 0.237 e. The number of nitrogens with zero attached hydrogens (tertiary/aromatic N) is 1. The van der Waals surface area contributed by atoms with E-state index < -0.39 is 9.84 Å². The van der Waals surface area contributed by atoms with Crippen LogP contribution in [0, 0.1) is 5.92 Å². The van der Waals surface area contributed by atoms with E-state index >= 15 is 0 Å². The van der Waals surface area contributed by atoms with E-state index in [9.17, 15) is 13.2 Å². The highest BCUT2D eigenvalue weighted by atomic mass is 32.2. The first kappa shape index (κ1) is 14.5. The van der Waals surface area contributed by atoms with Crippen LogP contribution in [0.4, 0.5) is 0 Å². The van der Waals surface area contributed by atoms with E-state index in [4.69, 9.17) is 0 Å². The summed E-state index contributed by atoms with van der Waals surface area (Å²) in [6.45, 7) is 3.80. The van der Waals surface area contributed by atoms with Crippen LogP contribution in [0.3, 0.4) is 0 Å². The minimum atomic E-state index is -3.20. The van der Waals surface area contributed by atoms with E-state index in [1.54, 1.807) is 18.9 Å². The molecular formula is C12H23NO3S. The molecule has 1 rings (SSSR count). The van der Waals surface area contributed by atoms with Crippen LogP contribution < -0.4 is 0 Å². The zero-order valence-electron chi connectivity index (χ0n) is 11.0. The molecule has 0 aromatic rings. The Bertz CT molecular complexity index is 356. The van der Waals surface area contributed by atoms with Gasteiger partial charge in [-0.05, 0) is 31.6 Å². The third kappa shape index (κ3) is 4.30. The maximum Gasteiger partial charge on any atom is 0.237 e. The summed E-state index contributed by atoms with van der Waals surface area (Å²) < 4.78 is 22.8. The minimum absolute atomic E-state index is 0.0360. The first-order valence-corrected chi connectivity index (χ1v) is 8.14. The standard InChI is InChI=1S/C12H23NO3S/c1-4-17(15,16)9-12(14)13(3)11-7-5-10(2)6-8-11/h10-11H,4-9H2,1-3H3. The SMILES string of the molecule is CCS(=O)(=O)CC(=O)N(C)C1CCC(C)CC1. The Morgan fingerprint density at radius 1 is 1.24 bits per heavy atom. The average molecular weight is 261 g/mol. The highest BCUT2D eigenvalue weighted by Crippen LogP contribution is 2.26. The predicted molar refractivity (Wildman–Crippen MR) is 68.5 cm³/mol. The molecule has 1 aliphatic carbocycles. The lowest BCUT2D eigenvalue weighted by Gasteiger charge is -2.33. The normalized spacial score (nSPS) is 25.6. The van der Waals surface area contributed by atoms with Gasteiger partial charge in [0, 0.05) is 18.8 Å². The first-order chi connectivity index (χ1) is 7.85. The van der Waals surface area contributed by atoms with Gasteiger partial charge in [0.1, 0.15) is 5.75 Å². The van der Waals surface area contributed by atoms with E-state index in [0.717, 1.165) is 31.6 Å². The molecule has 4 nitrogen and oxygen atoms in total. The van der Waals surface area contributed by atoms with Crippen LogP contribution in [-0.4, -0.2) is 43.8 Å². The summed E-state index contributed by atoms with van der Waals surface area (Å²) >= 11 is 0. The van der Waals surface area contributed by atoms with Gasteiger partial charge in [0.2, 0.25) is 5.91 Å². The summed E-state index contributed by atoms with van der Waals surface area (Å²) in [5, 5.41) is 0. The van der Waals surface area contributed by atoms with Crippen molar-refractivity contribution in [3.63, 3.8) is 0 Å². The molecule has 0 bridgehead atoms. The molecule has 0 atom stereocenters. The van der Waals surface area contributed by atoms with E-state index in [0.29, 0.717) is 0 Å². The molecule has 0 aromatic heterocycles. The third-order valence-corrected chi connectivity index (χ3v) is 5.28. The molecule has 1 aliphatic rings. The number of hydrogen-bond acceptors (Lipinski definition) is 3. The second-order valence-corrected chi connectivity index (χ2v) is 7.45. The Hall–Kier alpha value is -0.580. The van der Waals surface area contributed by atoms with Crippen LogP contribution >= 0.6 is 0 Å². The van der Waals surface area contributed by atoms with Gasteiger partial charge in [0.25, 0.3) is 0 Å². The highest BCUT2D eigenvalue weighted by molar-refractivity contribution is 7.92. The number of rotatable bonds is 4. The van der Waals surface area contributed by atoms with E-state index in [1.807, 2.05) is 0 Å². The van der Waals surface area contributed by atoms with Crippen LogP contribution in [0.25, 0.3) is 0 Å². The maximum absolute atomic E-state index is 11.8. The van der Waals surface area contributed by atoms with Crippen molar-refractivity contribution in [2.24, 2.45) is 5.92 Å². The topological polar surface area (TPSA) is 54.5 Å². The van der Waals surface area contributed by atoms with Crippen molar-refractivity contribution in [1.29, 1.82) is 0 Å². The molecule has 0 saturated heterocycles. The van der Waals surface area contributed by atoms with Crippen LogP contribution in [0.5, 0.6) is 0 Å². The first-order valence-electron chi connectivity index (χ1n) is 6.31. The lowest BCUT2D eigenvalue weighted by Crippen LogP contribution is -2.42. The summed E-state index contributed by atoms with van der Waals surface area (Å²) in [6, 6.07) is 0.228. The van der Waals surface area contributed by atoms with Gasteiger partial charge in [-0.3, -0.25) is 4.79 Å². The average Bonchev–Trinajstić information content (AvgIpc) is 2.28. The highest BCUT2D eigenvalue weighted by Gasteiger charge is 2.26. The number of carbonyl (C=O) groups excluding carboxylic acids is 1. The molecule has 0 radical (unpaired) electrons. The molecule has 5 heteroatoms. The molecule has 0 N–H and O–H groups in total. The zero-order chi connectivity index (χ0) is 13.1. The second-order valence-electron chi connectivity index (χ2n) is 5.09. The third-order valence-electron chi connectivity index (χ3n) is 3.71. The van der Waals surface area contributed by atoms with Crippen LogP contribution in [0.1, 0.15) is 39.5 Å². The van der Waals surface area contributed by atoms with Crippen LogP contribution in [-0.2, 0) is 14.6 Å². The van der Waals surface area contributed by atoms with Gasteiger partial charge in [0.05, 0.1) is 0 Å². The molecule has 0 aliphatic heterocycles. The quantitative estimate of drug-likeness (QED) is 0.770. The second kappa shape index (κ2) is 5.85. The Morgan fingerprint density at radius 3 is 2.24 bits per heavy atom. The fraction of sp³-hybridized carbons (Fsp3) is 0.917. The number of carbonyl (C=O) groups is 1. The van der Waals surface area contributed by atoms with Gasteiger partial charge in [0.15, 0.2) is 9.84 Å². The molecule has 0 unspecified atom stereocenters. The number of sulfone groups is 1. The van der Waals surface area contributed by atoms with E-state index in [2.05, 4.69) is 6.92 Å². The molecular weight excluding hydrogens is 238 g/mol. The Labute approximate surface area is 104 Å². The van der Waals surface area contributed by atoms with Crippen molar-refractivity contribution in [1.82, 2.24) is 4.90 Å². The molecule has 0 heterocycles. The zero-order valence-corrected chi connectivity index (χ0v) is 11.8. The number of hydrogen-bond donors (Lipinski definition) is 0.